The summed E-state index contributed by atoms with van der Waals surface area (Å²) in [6.07, 6.45) is 0. The molecule has 0 fully saturated rings. The molecule has 1 aromatic rings. The average Bonchev–Trinajstić information content (AvgIpc) is 2.26. The number of rotatable bonds is 6. The minimum Gasteiger partial charge on any atom is -0.486 e. The van der Waals surface area contributed by atoms with Gasteiger partial charge in [0, 0.05) is 6.04 Å². The molecule has 0 aromatic heterocycles. The summed E-state index contributed by atoms with van der Waals surface area (Å²) in [5.74, 6) is -1.89. The molecule has 0 heterocycles. The number of nitrogens with one attached hydrogen (secondary N) is 1. The molecule has 0 amide bonds. The molecular formula is C12H17F2NO2. The minimum atomic E-state index is -0.744. The lowest BCUT2D eigenvalue weighted by Crippen LogP contribution is -2.41. The standard InChI is InChI=1S/C12H17F2NO2/c1-8(2)15-9(6-16)7-17-12-10(13)4-3-5-11(12)14/h3-5,8-9,15-16H,6-7H2,1-2H3. The fourth-order valence-electron chi connectivity index (χ4n) is 1.43. The van der Waals surface area contributed by atoms with Crippen molar-refractivity contribution in [3.05, 3.63) is 29.8 Å². The van der Waals surface area contributed by atoms with Crippen LogP contribution in [-0.4, -0.2) is 30.4 Å². The van der Waals surface area contributed by atoms with Crippen LogP contribution in [0.25, 0.3) is 0 Å². The number of hydrogen-bond donors (Lipinski definition) is 2. The first kappa shape index (κ1) is 13.9. The van der Waals surface area contributed by atoms with Crippen LogP contribution >= 0.6 is 0 Å². The van der Waals surface area contributed by atoms with Crippen LogP contribution in [0.15, 0.2) is 18.2 Å². The van der Waals surface area contributed by atoms with E-state index in [1.807, 2.05) is 13.8 Å². The maximum absolute atomic E-state index is 13.2. The lowest BCUT2D eigenvalue weighted by molar-refractivity contribution is 0.170. The Bertz CT molecular complexity index is 338. The number of hydrogen-bond acceptors (Lipinski definition) is 3. The van der Waals surface area contributed by atoms with E-state index in [1.54, 1.807) is 0 Å². The molecule has 1 atom stereocenters. The van der Waals surface area contributed by atoms with Crippen molar-refractivity contribution in [1.82, 2.24) is 5.32 Å². The maximum Gasteiger partial charge on any atom is 0.190 e. The van der Waals surface area contributed by atoms with Crippen molar-refractivity contribution in [2.75, 3.05) is 13.2 Å². The lowest BCUT2D eigenvalue weighted by Gasteiger charge is -2.19. The van der Waals surface area contributed by atoms with Gasteiger partial charge in [-0.15, -0.1) is 0 Å². The highest BCUT2D eigenvalue weighted by atomic mass is 19.1. The van der Waals surface area contributed by atoms with Gasteiger partial charge in [0.1, 0.15) is 6.61 Å². The molecule has 5 heteroatoms. The van der Waals surface area contributed by atoms with Gasteiger partial charge in [-0.05, 0) is 12.1 Å². The monoisotopic (exact) mass is 245 g/mol. The van der Waals surface area contributed by atoms with Crippen LogP contribution in [-0.2, 0) is 0 Å². The Balaban J connectivity index is 2.59. The van der Waals surface area contributed by atoms with Gasteiger partial charge in [0.25, 0.3) is 0 Å². The number of halogens is 2. The zero-order valence-electron chi connectivity index (χ0n) is 9.91. The average molecular weight is 245 g/mol. The van der Waals surface area contributed by atoms with Crippen LogP contribution in [0.2, 0.25) is 0 Å². The van der Waals surface area contributed by atoms with Crippen molar-refractivity contribution < 1.29 is 18.6 Å². The van der Waals surface area contributed by atoms with Crippen molar-refractivity contribution in [3.8, 4) is 5.75 Å². The molecule has 96 valence electrons. The molecule has 0 saturated heterocycles. The van der Waals surface area contributed by atoms with Gasteiger partial charge in [-0.2, -0.15) is 0 Å². The molecule has 0 bridgehead atoms. The summed E-state index contributed by atoms with van der Waals surface area (Å²) in [5, 5.41) is 12.1. The summed E-state index contributed by atoms with van der Waals surface area (Å²) in [6, 6.07) is 3.33. The van der Waals surface area contributed by atoms with Gasteiger partial charge in [-0.25, -0.2) is 8.78 Å². The van der Waals surface area contributed by atoms with Gasteiger partial charge >= 0.3 is 0 Å². The fraction of sp³-hybridized carbons (Fsp3) is 0.500. The van der Waals surface area contributed by atoms with E-state index in [0.29, 0.717) is 0 Å². The van der Waals surface area contributed by atoms with Crippen molar-refractivity contribution in [2.24, 2.45) is 0 Å². The Labute approximate surface area is 99.4 Å². The molecule has 1 unspecified atom stereocenters. The first-order valence-electron chi connectivity index (χ1n) is 5.48. The number of benzene rings is 1. The van der Waals surface area contributed by atoms with E-state index in [1.165, 1.54) is 6.07 Å². The zero-order valence-corrected chi connectivity index (χ0v) is 9.91. The third kappa shape index (κ3) is 4.28. The van der Waals surface area contributed by atoms with Crippen LogP contribution in [0.1, 0.15) is 13.8 Å². The molecule has 1 aromatic carbocycles. The first-order valence-corrected chi connectivity index (χ1v) is 5.48. The Kier molecular flexibility index (Phi) is 5.31. The number of aliphatic hydroxyl groups excluding tert-OH is 1. The van der Waals surface area contributed by atoms with Crippen molar-refractivity contribution >= 4 is 0 Å². The Hall–Kier alpha value is -1.20. The molecule has 0 spiro atoms. The van der Waals surface area contributed by atoms with Crippen molar-refractivity contribution in [1.29, 1.82) is 0 Å². The second kappa shape index (κ2) is 6.51. The molecule has 0 aliphatic heterocycles. The van der Waals surface area contributed by atoms with E-state index in [0.717, 1.165) is 12.1 Å². The van der Waals surface area contributed by atoms with Gasteiger partial charge in [-0.1, -0.05) is 19.9 Å². The molecule has 3 nitrogen and oxygen atoms in total. The molecule has 0 saturated carbocycles. The molecule has 1 rings (SSSR count). The molecule has 0 aliphatic rings. The Morgan fingerprint density at radius 3 is 2.35 bits per heavy atom. The van der Waals surface area contributed by atoms with E-state index < -0.39 is 17.4 Å². The van der Waals surface area contributed by atoms with Crippen LogP contribution in [0.5, 0.6) is 5.75 Å². The largest absolute Gasteiger partial charge is 0.486 e. The van der Waals surface area contributed by atoms with Crippen LogP contribution < -0.4 is 10.1 Å². The molecule has 2 N–H and O–H groups in total. The predicted octanol–water partition coefficient (Wildman–Crippen LogP) is 1.70. The summed E-state index contributed by atoms with van der Waals surface area (Å²) in [6.45, 7) is 3.67. The topological polar surface area (TPSA) is 41.5 Å². The van der Waals surface area contributed by atoms with E-state index in [4.69, 9.17) is 9.84 Å². The number of aliphatic hydroxyl groups is 1. The summed E-state index contributed by atoms with van der Waals surface area (Å²) in [7, 11) is 0. The quantitative estimate of drug-likeness (QED) is 0.801. The minimum absolute atomic E-state index is 0.00648. The predicted molar refractivity (Wildman–Crippen MR) is 61.0 cm³/mol. The van der Waals surface area contributed by atoms with Crippen molar-refractivity contribution in [3.63, 3.8) is 0 Å². The molecule has 0 radical (unpaired) electrons. The number of para-hydroxylation sites is 1. The van der Waals surface area contributed by atoms with E-state index in [-0.39, 0.29) is 25.3 Å². The second-order valence-electron chi connectivity index (χ2n) is 4.06. The normalized spacial score (nSPS) is 12.8. The summed E-state index contributed by atoms with van der Waals surface area (Å²) in [4.78, 5) is 0. The van der Waals surface area contributed by atoms with Gasteiger partial charge in [-0.3, -0.25) is 0 Å². The highest BCUT2D eigenvalue weighted by Gasteiger charge is 2.14. The summed E-state index contributed by atoms with van der Waals surface area (Å²) in [5.41, 5.74) is 0. The van der Waals surface area contributed by atoms with Crippen LogP contribution in [0.3, 0.4) is 0 Å². The van der Waals surface area contributed by atoms with Gasteiger partial charge in [0.05, 0.1) is 12.6 Å². The van der Waals surface area contributed by atoms with Gasteiger partial charge in [0.2, 0.25) is 0 Å². The SMILES string of the molecule is CC(C)NC(CO)COc1c(F)cccc1F. The Morgan fingerprint density at radius 1 is 1.29 bits per heavy atom. The maximum atomic E-state index is 13.2. The van der Waals surface area contributed by atoms with Crippen LogP contribution in [0.4, 0.5) is 8.78 Å². The zero-order chi connectivity index (χ0) is 12.8. The first-order chi connectivity index (χ1) is 8.04. The fourth-order valence-corrected chi connectivity index (χ4v) is 1.43. The summed E-state index contributed by atoms with van der Waals surface area (Å²) < 4.78 is 31.5. The molecule has 0 aliphatic carbocycles. The smallest absolute Gasteiger partial charge is 0.190 e. The van der Waals surface area contributed by atoms with Gasteiger partial charge in [0.15, 0.2) is 17.4 Å². The third-order valence-electron chi connectivity index (χ3n) is 2.14. The van der Waals surface area contributed by atoms with E-state index >= 15 is 0 Å². The Morgan fingerprint density at radius 2 is 1.88 bits per heavy atom. The number of ether oxygens (including phenoxy) is 1. The van der Waals surface area contributed by atoms with Gasteiger partial charge < -0.3 is 15.2 Å². The molecule has 17 heavy (non-hydrogen) atoms. The van der Waals surface area contributed by atoms with Crippen LogP contribution in [0, 0.1) is 11.6 Å². The highest BCUT2D eigenvalue weighted by Crippen LogP contribution is 2.20. The lowest BCUT2D eigenvalue weighted by atomic mass is 10.2. The third-order valence-corrected chi connectivity index (χ3v) is 2.14. The second-order valence-corrected chi connectivity index (χ2v) is 4.06. The van der Waals surface area contributed by atoms with Crippen molar-refractivity contribution in [2.45, 2.75) is 25.9 Å². The molecular weight excluding hydrogens is 228 g/mol. The van der Waals surface area contributed by atoms with E-state index in [9.17, 15) is 8.78 Å². The summed E-state index contributed by atoms with van der Waals surface area (Å²) >= 11 is 0. The highest BCUT2D eigenvalue weighted by molar-refractivity contribution is 5.26. The van der Waals surface area contributed by atoms with E-state index in [2.05, 4.69) is 5.32 Å².